The van der Waals surface area contributed by atoms with Crippen LogP contribution in [0.15, 0.2) is 18.3 Å². The van der Waals surface area contributed by atoms with E-state index < -0.39 is 0 Å². The lowest BCUT2D eigenvalue weighted by molar-refractivity contribution is -0.131. The van der Waals surface area contributed by atoms with Crippen molar-refractivity contribution >= 4 is 5.91 Å². The molecule has 0 N–H and O–H groups in total. The van der Waals surface area contributed by atoms with Crippen LogP contribution in [0.3, 0.4) is 0 Å². The summed E-state index contributed by atoms with van der Waals surface area (Å²) in [5, 5.41) is 0. The van der Waals surface area contributed by atoms with Gasteiger partial charge in [-0.3, -0.25) is 4.79 Å². The maximum Gasteiger partial charge on any atom is 0.222 e. The molecule has 0 bridgehead atoms. The van der Waals surface area contributed by atoms with E-state index in [0.717, 1.165) is 24.9 Å². The molecule has 20 heavy (non-hydrogen) atoms. The lowest BCUT2D eigenvalue weighted by Crippen LogP contribution is -2.31. The first-order valence-corrected chi connectivity index (χ1v) is 7.45. The number of rotatable bonds is 5. The average molecular weight is 276 g/mol. The zero-order valence-corrected chi connectivity index (χ0v) is 12.6. The van der Waals surface area contributed by atoms with Crippen LogP contribution in [-0.2, 0) is 4.79 Å². The van der Waals surface area contributed by atoms with Crippen LogP contribution in [0.2, 0.25) is 0 Å². The first-order chi connectivity index (χ1) is 9.58. The maximum atomic E-state index is 12.1. The molecular formula is C16H24N2O2. The number of aryl methyl sites for hydroxylation is 1. The number of likely N-dealkylation sites (tertiary alicyclic amines) is 1. The summed E-state index contributed by atoms with van der Waals surface area (Å²) < 4.78 is 5.84. The summed E-state index contributed by atoms with van der Waals surface area (Å²) in [5.74, 6) is 1.36. The van der Waals surface area contributed by atoms with Crippen molar-refractivity contribution in [3.63, 3.8) is 0 Å². The lowest BCUT2D eigenvalue weighted by atomic mass is 10.0. The minimum Gasteiger partial charge on any atom is -0.472 e. The number of aromatic nitrogens is 1. The highest BCUT2D eigenvalue weighted by molar-refractivity contribution is 5.76. The fourth-order valence-electron chi connectivity index (χ4n) is 2.32. The summed E-state index contributed by atoms with van der Waals surface area (Å²) in [4.78, 5) is 18.3. The standard InChI is InChI=1S/C16H24N2O2/c1-4-12(2)9-16(19)18-8-7-14(11-18)20-15-6-5-13(3)10-17-15/h5-6,10,12,14H,4,7-9,11H2,1-3H3. The molecule has 0 spiro atoms. The van der Waals surface area contributed by atoms with Crippen LogP contribution >= 0.6 is 0 Å². The van der Waals surface area contributed by atoms with E-state index in [2.05, 4.69) is 18.8 Å². The summed E-state index contributed by atoms with van der Waals surface area (Å²) in [6.07, 6.45) is 4.46. The quantitative estimate of drug-likeness (QED) is 0.830. The van der Waals surface area contributed by atoms with Gasteiger partial charge in [0, 0.05) is 31.6 Å². The minimum absolute atomic E-state index is 0.0751. The zero-order chi connectivity index (χ0) is 14.5. The summed E-state index contributed by atoms with van der Waals surface area (Å²) in [5.41, 5.74) is 1.12. The molecule has 1 aromatic rings. The molecule has 110 valence electrons. The second-order valence-corrected chi connectivity index (χ2v) is 5.76. The Morgan fingerprint density at radius 2 is 2.35 bits per heavy atom. The number of hydrogen-bond donors (Lipinski definition) is 0. The van der Waals surface area contributed by atoms with Gasteiger partial charge in [0.15, 0.2) is 0 Å². The fourth-order valence-corrected chi connectivity index (χ4v) is 2.32. The van der Waals surface area contributed by atoms with Crippen molar-refractivity contribution in [2.45, 2.75) is 46.1 Å². The molecule has 2 rings (SSSR count). The third kappa shape index (κ3) is 3.95. The van der Waals surface area contributed by atoms with E-state index in [-0.39, 0.29) is 12.0 Å². The second-order valence-electron chi connectivity index (χ2n) is 5.76. The highest BCUT2D eigenvalue weighted by Gasteiger charge is 2.28. The Labute approximate surface area is 121 Å². The lowest BCUT2D eigenvalue weighted by Gasteiger charge is -2.18. The third-order valence-corrected chi connectivity index (χ3v) is 3.89. The molecule has 1 saturated heterocycles. The molecule has 0 aliphatic carbocycles. The van der Waals surface area contributed by atoms with Gasteiger partial charge in [-0.1, -0.05) is 26.3 Å². The van der Waals surface area contributed by atoms with E-state index in [1.165, 1.54) is 0 Å². The zero-order valence-electron chi connectivity index (χ0n) is 12.6. The van der Waals surface area contributed by atoms with Crippen LogP contribution in [0.25, 0.3) is 0 Å². The smallest absolute Gasteiger partial charge is 0.222 e. The van der Waals surface area contributed by atoms with Crippen LogP contribution in [0.5, 0.6) is 5.88 Å². The molecule has 2 heterocycles. The topological polar surface area (TPSA) is 42.4 Å². The molecule has 1 aromatic heterocycles. The van der Waals surface area contributed by atoms with Gasteiger partial charge in [-0.05, 0) is 18.4 Å². The fraction of sp³-hybridized carbons (Fsp3) is 0.625. The van der Waals surface area contributed by atoms with Crippen molar-refractivity contribution in [3.8, 4) is 5.88 Å². The Morgan fingerprint density at radius 1 is 1.55 bits per heavy atom. The monoisotopic (exact) mass is 276 g/mol. The van der Waals surface area contributed by atoms with E-state index in [4.69, 9.17) is 4.74 Å². The number of amides is 1. The summed E-state index contributed by atoms with van der Waals surface area (Å²) in [7, 11) is 0. The van der Waals surface area contributed by atoms with Gasteiger partial charge in [0.05, 0.1) is 6.54 Å². The van der Waals surface area contributed by atoms with Crippen molar-refractivity contribution in [2.24, 2.45) is 5.92 Å². The van der Waals surface area contributed by atoms with Crippen molar-refractivity contribution in [2.75, 3.05) is 13.1 Å². The Kier molecular flexibility index (Phi) is 4.99. The van der Waals surface area contributed by atoms with Gasteiger partial charge in [0.1, 0.15) is 6.10 Å². The van der Waals surface area contributed by atoms with Crippen molar-refractivity contribution in [3.05, 3.63) is 23.9 Å². The Balaban J connectivity index is 1.83. The highest BCUT2D eigenvalue weighted by atomic mass is 16.5. The van der Waals surface area contributed by atoms with Crippen molar-refractivity contribution < 1.29 is 9.53 Å². The molecule has 1 aliphatic heterocycles. The van der Waals surface area contributed by atoms with Crippen LogP contribution in [0, 0.1) is 12.8 Å². The number of pyridine rings is 1. The van der Waals surface area contributed by atoms with Gasteiger partial charge in [0.25, 0.3) is 0 Å². The van der Waals surface area contributed by atoms with Gasteiger partial charge in [0.2, 0.25) is 11.8 Å². The van der Waals surface area contributed by atoms with Crippen molar-refractivity contribution in [1.29, 1.82) is 0 Å². The predicted molar refractivity (Wildman–Crippen MR) is 78.7 cm³/mol. The summed E-state index contributed by atoms with van der Waals surface area (Å²) in [6.45, 7) is 7.73. The molecule has 1 aliphatic rings. The molecule has 0 aromatic carbocycles. The van der Waals surface area contributed by atoms with Crippen LogP contribution in [-0.4, -0.2) is 35.0 Å². The Hall–Kier alpha value is -1.58. The van der Waals surface area contributed by atoms with E-state index >= 15 is 0 Å². The summed E-state index contributed by atoms with van der Waals surface area (Å²) in [6, 6.07) is 3.88. The Morgan fingerprint density at radius 3 is 3.00 bits per heavy atom. The molecule has 1 fully saturated rings. The average Bonchev–Trinajstić information content (AvgIpc) is 2.90. The first-order valence-electron chi connectivity index (χ1n) is 7.45. The predicted octanol–water partition coefficient (Wildman–Crippen LogP) is 2.81. The SMILES string of the molecule is CCC(C)CC(=O)N1CCC(Oc2ccc(C)cn2)C1. The Bertz CT molecular complexity index is 444. The van der Waals surface area contributed by atoms with Gasteiger partial charge >= 0.3 is 0 Å². The molecule has 1 amide bonds. The van der Waals surface area contributed by atoms with Crippen molar-refractivity contribution in [1.82, 2.24) is 9.88 Å². The second kappa shape index (κ2) is 6.73. The van der Waals surface area contributed by atoms with Gasteiger partial charge in [-0.15, -0.1) is 0 Å². The molecule has 0 radical (unpaired) electrons. The number of nitrogens with zero attached hydrogens (tertiary/aromatic N) is 2. The van der Waals surface area contributed by atoms with E-state index in [9.17, 15) is 4.79 Å². The number of carbonyl (C=O) groups is 1. The van der Waals surface area contributed by atoms with Gasteiger partial charge in [-0.2, -0.15) is 0 Å². The van der Waals surface area contributed by atoms with Crippen LogP contribution in [0.1, 0.15) is 38.7 Å². The summed E-state index contributed by atoms with van der Waals surface area (Å²) >= 11 is 0. The van der Waals surface area contributed by atoms with E-state index in [1.54, 1.807) is 6.20 Å². The highest BCUT2D eigenvalue weighted by Crippen LogP contribution is 2.19. The largest absolute Gasteiger partial charge is 0.472 e. The molecule has 2 atom stereocenters. The van der Waals surface area contributed by atoms with Gasteiger partial charge in [-0.25, -0.2) is 4.98 Å². The number of carbonyl (C=O) groups excluding carboxylic acids is 1. The van der Waals surface area contributed by atoms with Crippen LogP contribution < -0.4 is 4.74 Å². The van der Waals surface area contributed by atoms with E-state index in [1.807, 2.05) is 24.0 Å². The molecular weight excluding hydrogens is 252 g/mol. The molecule has 4 nitrogen and oxygen atoms in total. The minimum atomic E-state index is 0.0751. The maximum absolute atomic E-state index is 12.1. The van der Waals surface area contributed by atoms with E-state index in [0.29, 0.717) is 24.8 Å². The first kappa shape index (κ1) is 14.8. The van der Waals surface area contributed by atoms with Gasteiger partial charge < -0.3 is 9.64 Å². The normalized spacial score (nSPS) is 19.9. The number of hydrogen-bond acceptors (Lipinski definition) is 3. The molecule has 2 unspecified atom stereocenters. The molecule has 4 heteroatoms. The third-order valence-electron chi connectivity index (χ3n) is 3.89. The number of ether oxygens (including phenoxy) is 1. The molecule has 0 saturated carbocycles. The van der Waals surface area contributed by atoms with Crippen LogP contribution in [0.4, 0.5) is 0 Å².